The Morgan fingerprint density at radius 2 is 2.20 bits per heavy atom. The van der Waals surface area contributed by atoms with Gasteiger partial charge in [0.1, 0.15) is 5.65 Å². The number of hydrogen-bond acceptors (Lipinski definition) is 4. The molecule has 2 aromatic rings. The van der Waals surface area contributed by atoms with Gasteiger partial charge in [-0.25, -0.2) is 13.4 Å². The van der Waals surface area contributed by atoms with Crippen LogP contribution in [0.5, 0.6) is 0 Å². The van der Waals surface area contributed by atoms with E-state index in [0.29, 0.717) is 18.8 Å². The molecule has 0 bridgehead atoms. The van der Waals surface area contributed by atoms with Crippen LogP contribution in [0.15, 0.2) is 29.4 Å². The summed E-state index contributed by atoms with van der Waals surface area (Å²) >= 11 is 6.02. The number of ether oxygens (including phenoxy) is 1. The number of sulfonamides is 1. The molecule has 0 saturated carbocycles. The van der Waals surface area contributed by atoms with Crippen LogP contribution in [0.4, 0.5) is 0 Å². The van der Waals surface area contributed by atoms with E-state index in [-0.39, 0.29) is 16.7 Å². The van der Waals surface area contributed by atoms with Gasteiger partial charge in [0.05, 0.1) is 6.61 Å². The quantitative estimate of drug-likeness (QED) is 0.812. The number of rotatable bonds is 6. The van der Waals surface area contributed by atoms with Crippen molar-refractivity contribution in [2.24, 2.45) is 0 Å². The molecule has 6 nitrogen and oxygen atoms in total. The third kappa shape index (κ3) is 2.67. The molecule has 0 fully saturated rings. The Balaban J connectivity index is 2.53. The second kappa shape index (κ2) is 6.09. The number of likely N-dealkylation sites (N-methyl/N-ethyl adjacent to an activating group) is 1. The standard InChI is InChI=1S/C12H16ClN3O3S/c1-3-15(8-9-19-2)20(17,18)12-11(13)14-10-6-4-5-7-16(10)12/h4-7H,3,8-9H2,1-2H3. The SMILES string of the molecule is CCN(CCOC)S(=O)(=O)c1c(Cl)nc2ccccn12. The van der Waals surface area contributed by atoms with Crippen molar-refractivity contribution < 1.29 is 13.2 Å². The molecule has 0 saturated heterocycles. The summed E-state index contributed by atoms with van der Waals surface area (Å²) in [5.41, 5.74) is 0.499. The number of hydrogen-bond donors (Lipinski definition) is 0. The van der Waals surface area contributed by atoms with Crippen LogP contribution in [0, 0.1) is 0 Å². The van der Waals surface area contributed by atoms with E-state index in [9.17, 15) is 8.42 Å². The lowest BCUT2D eigenvalue weighted by Gasteiger charge is -2.19. The summed E-state index contributed by atoms with van der Waals surface area (Å²) in [5, 5.41) is -0.0280. The van der Waals surface area contributed by atoms with E-state index >= 15 is 0 Å². The van der Waals surface area contributed by atoms with Gasteiger partial charge in [-0.1, -0.05) is 24.6 Å². The highest BCUT2D eigenvalue weighted by Crippen LogP contribution is 2.25. The molecule has 0 aliphatic rings. The molecule has 2 rings (SSSR count). The lowest BCUT2D eigenvalue weighted by molar-refractivity contribution is 0.180. The van der Waals surface area contributed by atoms with Crippen LogP contribution < -0.4 is 0 Å². The number of aromatic nitrogens is 2. The van der Waals surface area contributed by atoms with E-state index < -0.39 is 10.0 Å². The highest BCUT2D eigenvalue weighted by molar-refractivity contribution is 7.89. The highest BCUT2D eigenvalue weighted by Gasteiger charge is 2.29. The summed E-state index contributed by atoms with van der Waals surface area (Å²) in [5.74, 6) is 0. The summed E-state index contributed by atoms with van der Waals surface area (Å²) in [6.07, 6.45) is 1.63. The molecule has 0 unspecified atom stereocenters. The van der Waals surface area contributed by atoms with Crippen LogP contribution in [0.2, 0.25) is 5.15 Å². The summed E-state index contributed by atoms with van der Waals surface area (Å²) in [6, 6.07) is 5.21. The minimum Gasteiger partial charge on any atom is -0.383 e. The van der Waals surface area contributed by atoms with Gasteiger partial charge < -0.3 is 4.74 Å². The first-order chi connectivity index (χ1) is 9.52. The predicted molar refractivity (Wildman–Crippen MR) is 76.5 cm³/mol. The normalized spacial score (nSPS) is 12.4. The highest BCUT2D eigenvalue weighted by atomic mass is 35.5. The molecular weight excluding hydrogens is 302 g/mol. The van der Waals surface area contributed by atoms with Crippen molar-refractivity contribution in [3.63, 3.8) is 0 Å². The number of pyridine rings is 1. The van der Waals surface area contributed by atoms with Crippen LogP contribution in [-0.2, 0) is 14.8 Å². The summed E-state index contributed by atoms with van der Waals surface area (Å²) < 4.78 is 33.1. The fraction of sp³-hybridized carbons (Fsp3) is 0.417. The number of fused-ring (bicyclic) bond motifs is 1. The Morgan fingerprint density at radius 1 is 1.45 bits per heavy atom. The van der Waals surface area contributed by atoms with E-state index in [2.05, 4.69) is 4.98 Å². The molecule has 0 N–H and O–H groups in total. The zero-order chi connectivity index (χ0) is 14.8. The molecule has 0 spiro atoms. The maximum absolute atomic E-state index is 12.7. The van der Waals surface area contributed by atoms with E-state index in [1.54, 1.807) is 31.3 Å². The maximum atomic E-state index is 12.7. The molecule has 2 aromatic heterocycles. The lowest BCUT2D eigenvalue weighted by Crippen LogP contribution is -2.34. The predicted octanol–water partition coefficient (Wildman–Crippen LogP) is 1.64. The molecule has 0 atom stereocenters. The van der Waals surface area contributed by atoms with Gasteiger partial charge in [-0.2, -0.15) is 4.31 Å². The molecule has 0 radical (unpaired) electrons. The van der Waals surface area contributed by atoms with Crippen molar-refractivity contribution in [1.82, 2.24) is 13.7 Å². The van der Waals surface area contributed by atoms with Gasteiger partial charge in [0.2, 0.25) is 0 Å². The van der Waals surface area contributed by atoms with Gasteiger partial charge in [-0.15, -0.1) is 0 Å². The Bertz CT molecular complexity index is 699. The topological polar surface area (TPSA) is 63.9 Å². The van der Waals surface area contributed by atoms with Gasteiger partial charge in [-0.05, 0) is 12.1 Å². The zero-order valence-electron chi connectivity index (χ0n) is 11.3. The molecule has 2 heterocycles. The van der Waals surface area contributed by atoms with Crippen molar-refractivity contribution in [2.75, 3.05) is 26.8 Å². The second-order valence-electron chi connectivity index (χ2n) is 4.13. The van der Waals surface area contributed by atoms with Gasteiger partial charge in [-0.3, -0.25) is 4.40 Å². The smallest absolute Gasteiger partial charge is 0.262 e. The summed E-state index contributed by atoms with van der Waals surface area (Å²) in [7, 11) is -2.19. The number of nitrogens with zero attached hydrogens (tertiary/aromatic N) is 3. The Labute approximate surface area is 123 Å². The molecule has 0 aliphatic heterocycles. The number of imidazole rings is 1. The van der Waals surface area contributed by atoms with E-state index in [1.807, 2.05) is 0 Å². The van der Waals surface area contributed by atoms with Gasteiger partial charge in [0.15, 0.2) is 10.2 Å². The summed E-state index contributed by atoms with van der Waals surface area (Å²) in [6.45, 7) is 2.69. The van der Waals surface area contributed by atoms with Crippen molar-refractivity contribution in [3.05, 3.63) is 29.5 Å². The van der Waals surface area contributed by atoms with Crippen LogP contribution in [-0.4, -0.2) is 48.9 Å². The van der Waals surface area contributed by atoms with E-state index in [0.717, 1.165) is 0 Å². The van der Waals surface area contributed by atoms with Crippen molar-refractivity contribution >= 4 is 27.3 Å². The monoisotopic (exact) mass is 317 g/mol. The third-order valence-electron chi connectivity index (χ3n) is 2.93. The largest absolute Gasteiger partial charge is 0.383 e. The van der Waals surface area contributed by atoms with Crippen molar-refractivity contribution in [1.29, 1.82) is 0 Å². The maximum Gasteiger partial charge on any atom is 0.262 e. The molecule has 0 aliphatic carbocycles. The number of halogens is 1. The lowest BCUT2D eigenvalue weighted by atomic mass is 10.5. The molecule has 0 aromatic carbocycles. The Morgan fingerprint density at radius 3 is 2.85 bits per heavy atom. The minimum absolute atomic E-state index is 0.00674. The van der Waals surface area contributed by atoms with Crippen LogP contribution >= 0.6 is 11.6 Å². The summed E-state index contributed by atoms with van der Waals surface area (Å²) in [4.78, 5) is 4.07. The second-order valence-corrected chi connectivity index (χ2v) is 6.34. The number of methoxy groups -OCH3 is 1. The van der Waals surface area contributed by atoms with Gasteiger partial charge in [0.25, 0.3) is 10.0 Å². The Hall–Kier alpha value is -1.15. The van der Waals surface area contributed by atoms with Crippen molar-refractivity contribution in [3.8, 4) is 0 Å². The van der Waals surface area contributed by atoms with Crippen LogP contribution in [0.1, 0.15) is 6.92 Å². The van der Waals surface area contributed by atoms with E-state index in [1.165, 1.54) is 15.8 Å². The first-order valence-electron chi connectivity index (χ1n) is 6.14. The average molecular weight is 318 g/mol. The minimum atomic E-state index is -3.72. The molecular formula is C12H16ClN3O3S. The first kappa shape index (κ1) is 15.2. The van der Waals surface area contributed by atoms with Crippen LogP contribution in [0.25, 0.3) is 5.65 Å². The molecule has 0 amide bonds. The van der Waals surface area contributed by atoms with Crippen molar-refractivity contribution in [2.45, 2.75) is 11.9 Å². The first-order valence-corrected chi connectivity index (χ1v) is 7.95. The van der Waals surface area contributed by atoms with Gasteiger partial charge in [0, 0.05) is 26.4 Å². The Kier molecular flexibility index (Phi) is 4.64. The molecule has 20 heavy (non-hydrogen) atoms. The molecule has 110 valence electrons. The third-order valence-corrected chi connectivity index (χ3v) is 5.30. The fourth-order valence-electron chi connectivity index (χ4n) is 1.94. The van der Waals surface area contributed by atoms with Gasteiger partial charge >= 0.3 is 0 Å². The zero-order valence-corrected chi connectivity index (χ0v) is 12.9. The fourth-order valence-corrected chi connectivity index (χ4v) is 3.97. The average Bonchev–Trinajstić information content (AvgIpc) is 2.75. The molecule has 8 heteroatoms. The van der Waals surface area contributed by atoms with E-state index in [4.69, 9.17) is 16.3 Å². The van der Waals surface area contributed by atoms with Crippen LogP contribution in [0.3, 0.4) is 0 Å².